The van der Waals surface area contributed by atoms with Gasteiger partial charge in [-0.25, -0.2) is 4.39 Å². The van der Waals surface area contributed by atoms with Crippen LogP contribution >= 0.6 is 11.6 Å². The molecule has 4 aliphatic rings. The van der Waals surface area contributed by atoms with Crippen molar-refractivity contribution in [3.63, 3.8) is 0 Å². The van der Waals surface area contributed by atoms with Gasteiger partial charge >= 0.3 is 0 Å². The molecule has 2 aromatic carbocycles. The van der Waals surface area contributed by atoms with Crippen LogP contribution in [0.2, 0.25) is 5.02 Å². The quantitative estimate of drug-likeness (QED) is 0.604. The zero-order chi connectivity index (χ0) is 24.2. The van der Waals surface area contributed by atoms with Crippen LogP contribution in [0.1, 0.15) is 50.8 Å². The normalized spacial score (nSPS) is 26.9. The lowest BCUT2D eigenvalue weighted by Crippen LogP contribution is -2.62. The van der Waals surface area contributed by atoms with Gasteiger partial charge < -0.3 is 24.4 Å². The molecule has 1 aliphatic carbocycles. The maximum atomic E-state index is 15.5. The van der Waals surface area contributed by atoms with Gasteiger partial charge in [0, 0.05) is 18.2 Å². The first kappa shape index (κ1) is 23.4. The number of rotatable bonds is 5. The molecule has 2 bridgehead atoms. The fraction of sp³-hybridized carbons (Fsp3) is 0.519. The van der Waals surface area contributed by atoms with Gasteiger partial charge in [-0.3, -0.25) is 0 Å². The second-order valence-electron chi connectivity index (χ2n) is 10.6. The number of nitrogens with zero attached hydrogens (tertiary/aromatic N) is 2. The van der Waals surface area contributed by atoms with Crippen molar-refractivity contribution in [3.05, 3.63) is 52.3 Å². The van der Waals surface area contributed by atoms with Crippen LogP contribution in [0.3, 0.4) is 0 Å². The first-order chi connectivity index (χ1) is 16.2. The fourth-order valence-corrected chi connectivity index (χ4v) is 6.65. The minimum atomic E-state index is -1.16. The summed E-state index contributed by atoms with van der Waals surface area (Å²) >= 11 is 6.36. The maximum Gasteiger partial charge on any atom is 0.137 e. The van der Waals surface area contributed by atoms with Crippen molar-refractivity contribution in [1.82, 2.24) is 9.80 Å². The number of carboxylic acid groups (broad SMARTS) is 1. The molecule has 5 nitrogen and oxygen atoms in total. The summed E-state index contributed by atoms with van der Waals surface area (Å²) in [6.07, 6.45) is 1.50. The Morgan fingerprint density at radius 3 is 2.59 bits per heavy atom. The van der Waals surface area contributed by atoms with Gasteiger partial charge in [0.15, 0.2) is 0 Å². The minimum Gasteiger partial charge on any atom is -0.530 e. The van der Waals surface area contributed by atoms with Crippen LogP contribution in [0.15, 0.2) is 30.3 Å². The maximum absolute atomic E-state index is 15.5. The second kappa shape index (κ2) is 8.72. The number of carbonyl (C=O) groups is 1. The van der Waals surface area contributed by atoms with Crippen molar-refractivity contribution in [1.29, 1.82) is 0 Å². The van der Waals surface area contributed by atoms with E-state index in [1.807, 2.05) is 13.0 Å². The molecule has 0 N–H and O–H groups in total. The number of hydrogen-bond donors (Lipinski definition) is 0. The third kappa shape index (κ3) is 3.95. The van der Waals surface area contributed by atoms with E-state index in [1.165, 1.54) is 6.07 Å². The van der Waals surface area contributed by atoms with E-state index in [9.17, 15) is 9.90 Å². The van der Waals surface area contributed by atoms with Crippen LogP contribution in [0.25, 0.3) is 11.1 Å². The molecule has 6 rings (SSSR count). The molecule has 3 fully saturated rings. The van der Waals surface area contributed by atoms with E-state index in [4.69, 9.17) is 16.3 Å². The Labute approximate surface area is 205 Å². The van der Waals surface area contributed by atoms with Gasteiger partial charge in [-0.05, 0) is 91.6 Å². The third-order valence-electron chi connectivity index (χ3n) is 7.92. The van der Waals surface area contributed by atoms with E-state index >= 15 is 4.39 Å². The van der Waals surface area contributed by atoms with Crippen LogP contribution in [0.5, 0.6) is 5.75 Å². The van der Waals surface area contributed by atoms with Gasteiger partial charge in [-0.2, -0.15) is 0 Å². The summed E-state index contributed by atoms with van der Waals surface area (Å²) in [6, 6.07) is 8.12. The van der Waals surface area contributed by atoms with E-state index in [0.29, 0.717) is 40.8 Å². The number of ether oxygens (including phenoxy) is 1. The van der Waals surface area contributed by atoms with Crippen molar-refractivity contribution < 1.29 is 19.0 Å². The van der Waals surface area contributed by atoms with E-state index in [0.717, 1.165) is 43.6 Å². The number of benzene rings is 2. The first-order valence-corrected chi connectivity index (χ1v) is 12.5. The highest BCUT2D eigenvalue weighted by Gasteiger charge is 2.48. The second-order valence-corrected chi connectivity index (χ2v) is 11.0. The molecular weight excluding hydrogens is 455 g/mol. The molecule has 7 heteroatoms. The molecule has 3 aliphatic heterocycles. The molecule has 1 amide bonds. The summed E-state index contributed by atoms with van der Waals surface area (Å²) in [5, 5.41) is 13.0. The zero-order valence-electron chi connectivity index (χ0n) is 19.9. The van der Waals surface area contributed by atoms with Gasteiger partial charge in [-0.1, -0.05) is 31.5 Å². The van der Waals surface area contributed by atoms with Crippen LogP contribution in [-0.2, 0) is 6.42 Å². The van der Waals surface area contributed by atoms with Crippen LogP contribution < -0.4 is 9.84 Å². The molecule has 2 atom stereocenters. The largest absolute Gasteiger partial charge is 0.530 e. The van der Waals surface area contributed by atoms with Crippen molar-refractivity contribution in [2.75, 3.05) is 26.2 Å². The summed E-state index contributed by atoms with van der Waals surface area (Å²) in [5.41, 5.74) is 2.48. The van der Waals surface area contributed by atoms with Crippen LogP contribution in [0, 0.1) is 17.2 Å². The Hall–Kier alpha value is -2.31. The van der Waals surface area contributed by atoms with Gasteiger partial charge in [0.2, 0.25) is 0 Å². The Balaban J connectivity index is 1.54. The molecule has 2 aromatic rings. The van der Waals surface area contributed by atoms with Crippen LogP contribution in [-0.4, -0.2) is 48.2 Å². The van der Waals surface area contributed by atoms with Gasteiger partial charge in [0.05, 0.1) is 17.7 Å². The summed E-state index contributed by atoms with van der Waals surface area (Å²) in [6.45, 7) is 9.29. The summed E-state index contributed by atoms with van der Waals surface area (Å²) < 4.78 is 21.0. The number of fused-ring (bicyclic) bond motifs is 4. The van der Waals surface area contributed by atoms with Gasteiger partial charge in [0.25, 0.3) is 0 Å². The van der Waals surface area contributed by atoms with E-state index in [-0.39, 0.29) is 17.3 Å². The Morgan fingerprint density at radius 2 is 2.00 bits per heavy atom. The highest BCUT2D eigenvalue weighted by Crippen LogP contribution is 2.52. The molecule has 0 saturated carbocycles. The highest BCUT2D eigenvalue weighted by molar-refractivity contribution is 6.32. The molecule has 3 saturated heterocycles. The number of amides is 1. The molecule has 34 heavy (non-hydrogen) atoms. The van der Waals surface area contributed by atoms with Crippen LogP contribution in [0.4, 0.5) is 9.18 Å². The van der Waals surface area contributed by atoms with Gasteiger partial charge in [0.1, 0.15) is 17.7 Å². The smallest absolute Gasteiger partial charge is 0.137 e. The van der Waals surface area contributed by atoms with Crippen molar-refractivity contribution in [2.24, 2.45) is 11.3 Å². The standard InChI is InChI=1S/C27H32ClFN2O3/c1-4-34-24-6-5-17(12-21(24)28)19-11-18-14-27(2,3)25(20(18)13-22(19)29)31(26(32)33)23-15-30-9-7-16(23)8-10-30/h5-6,11-13,16,23,25H,4,7-10,14-15H2,1-3H3,(H,32,33)/p-1/t23-,25+/m1/s1. The molecule has 182 valence electrons. The monoisotopic (exact) mass is 485 g/mol. The lowest BCUT2D eigenvalue weighted by atomic mass is 9.79. The third-order valence-corrected chi connectivity index (χ3v) is 8.22. The zero-order valence-corrected chi connectivity index (χ0v) is 20.7. The molecular formula is C27H31ClFN2O3-. The first-order valence-electron chi connectivity index (χ1n) is 12.2. The predicted molar refractivity (Wildman–Crippen MR) is 128 cm³/mol. The fourth-order valence-electron chi connectivity index (χ4n) is 6.42. The molecule has 0 aromatic heterocycles. The van der Waals surface area contributed by atoms with E-state index in [2.05, 4.69) is 18.7 Å². The lowest BCUT2D eigenvalue weighted by Gasteiger charge is -2.53. The summed E-state index contributed by atoms with van der Waals surface area (Å²) in [7, 11) is 0. The highest BCUT2D eigenvalue weighted by atomic mass is 35.5. The van der Waals surface area contributed by atoms with Crippen molar-refractivity contribution in [2.45, 2.75) is 52.1 Å². The number of piperidine rings is 3. The Bertz CT molecular complexity index is 1110. The number of carbonyl (C=O) groups excluding carboxylic acids is 1. The van der Waals surface area contributed by atoms with Crippen molar-refractivity contribution >= 4 is 17.7 Å². The number of hydrogen-bond acceptors (Lipinski definition) is 4. The lowest BCUT2D eigenvalue weighted by molar-refractivity contribution is -0.276. The molecule has 0 unspecified atom stereocenters. The average molecular weight is 486 g/mol. The Kier molecular flexibility index (Phi) is 6.01. The SMILES string of the molecule is CCOc1ccc(-c2cc3c(cc2F)[C@H](N(C(=O)[O-])[C@@H]2CN4CCC2CC4)C(C)(C)C3)cc1Cl. The van der Waals surface area contributed by atoms with E-state index in [1.54, 1.807) is 23.1 Å². The number of halogens is 2. The summed E-state index contributed by atoms with van der Waals surface area (Å²) in [4.78, 5) is 16.4. The summed E-state index contributed by atoms with van der Waals surface area (Å²) in [5.74, 6) is 0.518. The van der Waals surface area contributed by atoms with Crippen molar-refractivity contribution in [3.8, 4) is 16.9 Å². The van der Waals surface area contributed by atoms with Gasteiger partial charge in [-0.15, -0.1) is 0 Å². The molecule has 3 heterocycles. The van der Waals surface area contributed by atoms with E-state index < -0.39 is 12.1 Å². The molecule has 0 spiro atoms. The molecule has 0 radical (unpaired) electrons. The Morgan fingerprint density at radius 1 is 1.26 bits per heavy atom. The minimum absolute atomic E-state index is 0.115. The topological polar surface area (TPSA) is 55.8 Å². The predicted octanol–water partition coefficient (Wildman–Crippen LogP) is 4.91. The average Bonchev–Trinajstić information content (AvgIpc) is 3.05.